The van der Waals surface area contributed by atoms with Crippen molar-refractivity contribution in [2.75, 3.05) is 12.8 Å². The number of carbonyl (C=O) groups excluding carboxylic acids is 1. The highest BCUT2D eigenvalue weighted by Crippen LogP contribution is 2.09. The molecule has 0 aromatic carbocycles. The summed E-state index contributed by atoms with van der Waals surface area (Å²) in [5, 5.41) is 4.05. The molecule has 7 nitrogen and oxygen atoms in total. The van der Waals surface area contributed by atoms with Gasteiger partial charge >= 0.3 is 0 Å². The molecule has 0 aliphatic carbocycles. The summed E-state index contributed by atoms with van der Waals surface area (Å²) in [6.07, 6.45) is 6.46. The molecule has 0 aliphatic heterocycles. The molecule has 0 saturated heterocycles. The summed E-state index contributed by atoms with van der Waals surface area (Å²) in [5.41, 5.74) is 6.73. The fourth-order valence-electron chi connectivity index (χ4n) is 1.59. The lowest BCUT2D eigenvalue weighted by Gasteiger charge is -2.15. The van der Waals surface area contributed by atoms with Gasteiger partial charge in [-0.15, -0.1) is 0 Å². The first-order valence-corrected chi connectivity index (χ1v) is 5.37. The molecule has 2 aromatic heterocycles. The van der Waals surface area contributed by atoms with Crippen LogP contribution in [0.15, 0.2) is 24.8 Å². The van der Waals surface area contributed by atoms with Crippen molar-refractivity contribution in [2.24, 2.45) is 7.05 Å². The van der Waals surface area contributed by atoms with Crippen LogP contribution < -0.4 is 5.73 Å². The van der Waals surface area contributed by atoms with Gasteiger partial charge in [0.1, 0.15) is 0 Å². The van der Waals surface area contributed by atoms with E-state index in [1.54, 1.807) is 17.9 Å². The predicted octanol–water partition coefficient (Wildman–Crippen LogP) is 0.0645. The summed E-state index contributed by atoms with van der Waals surface area (Å²) in [5.74, 6) is -0.120. The van der Waals surface area contributed by atoms with Gasteiger partial charge in [-0.2, -0.15) is 5.10 Å². The van der Waals surface area contributed by atoms with E-state index >= 15 is 0 Å². The van der Waals surface area contributed by atoms with E-state index in [0.717, 1.165) is 5.56 Å². The van der Waals surface area contributed by atoms with Gasteiger partial charge < -0.3 is 10.6 Å². The minimum atomic E-state index is -0.260. The Kier molecular flexibility index (Phi) is 3.22. The van der Waals surface area contributed by atoms with Crippen LogP contribution >= 0.6 is 0 Å². The van der Waals surface area contributed by atoms with Crippen LogP contribution in [-0.2, 0) is 13.6 Å². The Labute approximate surface area is 104 Å². The van der Waals surface area contributed by atoms with Crippen molar-refractivity contribution >= 4 is 11.7 Å². The van der Waals surface area contributed by atoms with E-state index in [9.17, 15) is 4.79 Å². The third-order valence-corrected chi connectivity index (χ3v) is 2.45. The quantitative estimate of drug-likeness (QED) is 0.827. The van der Waals surface area contributed by atoms with Gasteiger partial charge in [-0.25, -0.2) is 9.97 Å². The summed E-state index contributed by atoms with van der Waals surface area (Å²) in [4.78, 5) is 21.4. The predicted molar refractivity (Wildman–Crippen MR) is 65.4 cm³/mol. The molecular formula is C11H14N6O. The molecule has 0 aliphatic rings. The van der Waals surface area contributed by atoms with Crippen molar-refractivity contribution in [2.45, 2.75) is 6.54 Å². The second-order valence-corrected chi connectivity index (χ2v) is 3.97. The van der Waals surface area contributed by atoms with Gasteiger partial charge in [0, 0.05) is 44.8 Å². The van der Waals surface area contributed by atoms with Crippen molar-refractivity contribution in [1.82, 2.24) is 24.6 Å². The summed E-state index contributed by atoms with van der Waals surface area (Å²) in [6, 6.07) is 0. The molecule has 2 aromatic rings. The molecule has 18 heavy (non-hydrogen) atoms. The Hall–Kier alpha value is -2.44. The Morgan fingerprint density at radius 3 is 2.78 bits per heavy atom. The first-order valence-electron chi connectivity index (χ1n) is 5.37. The molecule has 0 fully saturated rings. The maximum atomic E-state index is 12.1. The van der Waals surface area contributed by atoms with Gasteiger partial charge in [-0.1, -0.05) is 0 Å². The van der Waals surface area contributed by atoms with Crippen molar-refractivity contribution in [3.63, 3.8) is 0 Å². The van der Waals surface area contributed by atoms with Crippen LogP contribution in [0.3, 0.4) is 0 Å². The Morgan fingerprint density at radius 2 is 2.17 bits per heavy atom. The van der Waals surface area contributed by atoms with Gasteiger partial charge in [-0.05, 0) is 0 Å². The van der Waals surface area contributed by atoms with E-state index in [2.05, 4.69) is 15.1 Å². The molecule has 0 saturated carbocycles. The van der Waals surface area contributed by atoms with Gasteiger partial charge in [0.2, 0.25) is 0 Å². The first kappa shape index (κ1) is 12.0. The van der Waals surface area contributed by atoms with Crippen LogP contribution in [0.25, 0.3) is 0 Å². The maximum Gasteiger partial charge on any atom is 0.276 e. The van der Waals surface area contributed by atoms with E-state index in [4.69, 9.17) is 5.73 Å². The smallest absolute Gasteiger partial charge is 0.276 e. The third kappa shape index (κ3) is 2.45. The number of carbonyl (C=O) groups is 1. The number of nitrogens with zero attached hydrogens (tertiary/aromatic N) is 5. The molecule has 0 spiro atoms. The maximum absolute atomic E-state index is 12.1. The van der Waals surface area contributed by atoms with E-state index in [-0.39, 0.29) is 17.4 Å². The van der Waals surface area contributed by atoms with Gasteiger partial charge in [0.25, 0.3) is 5.91 Å². The van der Waals surface area contributed by atoms with Gasteiger partial charge in [-0.3, -0.25) is 9.48 Å². The fourth-order valence-corrected chi connectivity index (χ4v) is 1.59. The number of anilines is 1. The van der Waals surface area contributed by atoms with E-state index < -0.39 is 0 Å². The number of hydrogen-bond acceptors (Lipinski definition) is 5. The minimum absolute atomic E-state index is 0.139. The zero-order valence-corrected chi connectivity index (χ0v) is 10.2. The summed E-state index contributed by atoms with van der Waals surface area (Å²) in [7, 11) is 3.51. The molecular weight excluding hydrogens is 232 g/mol. The van der Waals surface area contributed by atoms with Crippen molar-refractivity contribution in [3.05, 3.63) is 36.0 Å². The minimum Gasteiger partial charge on any atom is -0.382 e. The number of nitrogens with two attached hydrogens (primary N) is 1. The number of rotatable bonds is 3. The highest BCUT2D eigenvalue weighted by Gasteiger charge is 2.17. The Balaban J connectivity index is 2.12. The summed E-state index contributed by atoms with van der Waals surface area (Å²) < 4.78 is 1.68. The second-order valence-electron chi connectivity index (χ2n) is 3.97. The highest BCUT2D eigenvalue weighted by atomic mass is 16.2. The second kappa shape index (κ2) is 4.82. The van der Waals surface area contributed by atoms with Crippen molar-refractivity contribution in [3.8, 4) is 0 Å². The van der Waals surface area contributed by atoms with Crippen molar-refractivity contribution in [1.29, 1.82) is 0 Å². The van der Waals surface area contributed by atoms with Gasteiger partial charge in [0.05, 0.1) is 6.20 Å². The Bertz CT molecular complexity index is 564. The summed E-state index contributed by atoms with van der Waals surface area (Å²) >= 11 is 0. The lowest BCUT2D eigenvalue weighted by molar-refractivity contribution is 0.0780. The van der Waals surface area contributed by atoms with E-state index in [0.29, 0.717) is 6.54 Å². The molecule has 2 heterocycles. The van der Waals surface area contributed by atoms with E-state index in [1.165, 1.54) is 17.3 Å². The molecule has 0 bridgehead atoms. The lowest BCUT2D eigenvalue weighted by atomic mass is 10.3. The topological polar surface area (TPSA) is 89.9 Å². The number of hydrogen-bond donors (Lipinski definition) is 1. The fraction of sp³-hybridized carbons (Fsp3) is 0.273. The number of aromatic nitrogens is 4. The van der Waals surface area contributed by atoms with Crippen molar-refractivity contribution < 1.29 is 4.79 Å². The zero-order chi connectivity index (χ0) is 13.1. The van der Waals surface area contributed by atoms with Crippen LogP contribution in [0, 0.1) is 0 Å². The molecule has 0 radical (unpaired) electrons. The van der Waals surface area contributed by atoms with Crippen LogP contribution in [0.2, 0.25) is 0 Å². The van der Waals surface area contributed by atoms with E-state index in [1.807, 2.05) is 13.2 Å². The monoisotopic (exact) mass is 246 g/mol. The molecule has 7 heteroatoms. The molecule has 2 rings (SSSR count). The van der Waals surface area contributed by atoms with Crippen LogP contribution in [0.1, 0.15) is 16.1 Å². The largest absolute Gasteiger partial charge is 0.382 e. The van der Waals surface area contributed by atoms with Crippen LogP contribution in [-0.4, -0.2) is 37.6 Å². The number of nitrogen functional groups attached to an aromatic ring is 1. The number of aryl methyl sites for hydroxylation is 1. The third-order valence-electron chi connectivity index (χ3n) is 2.45. The SMILES string of the molecule is CN(Cc1cnn(C)c1)C(=O)c1nccnc1N. The summed E-state index contributed by atoms with van der Waals surface area (Å²) in [6.45, 7) is 0.447. The molecule has 1 amide bonds. The highest BCUT2D eigenvalue weighted by molar-refractivity contribution is 5.95. The molecule has 0 atom stereocenters. The molecule has 0 unspecified atom stereocenters. The lowest BCUT2D eigenvalue weighted by Crippen LogP contribution is -2.28. The van der Waals surface area contributed by atoms with Gasteiger partial charge in [0.15, 0.2) is 11.5 Å². The van der Waals surface area contributed by atoms with Crippen LogP contribution in [0.4, 0.5) is 5.82 Å². The first-order chi connectivity index (χ1) is 8.58. The standard InChI is InChI=1S/C11H14N6O/c1-16(6-8-5-15-17(2)7-8)11(18)9-10(12)14-4-3-13-9/h3-5,7H,6H2,1-2H3,(H2,12,14). The Morgan fingerprint density at radius 1 is 1.44 bits per heavy atom. The van der Waals surface area contributed by atoms with Crippen LogP contribution in [0.5, 0.6) is 0 Å². The number of amides is 1. The molecule has 94 valence electrons. The average Bonchev–Trinajstić information content (AvgIpc) is 2.74. The molecule has 2 N–H and O–H groups in total. The zero-order valence-electron chi connectivity index (χ0n) is 10.2. The average molecular weight is 246 g/mol. The normalized spacial score (nSPS) is 10.3.